The smallest absolute Gasteiger partial charge is 0.255 e. The number of aromatic hydroxyl groups is 1. The van der Waals surface area contributed by atoms with Crippen LogP contribution in [0.3, 0.4) is 0 Å². The Bertz CT molecular complexity index is 1560. The summed E-state index contributed by atoms with van der Waals surface area (Å²) in [6, 6.07) is 10.7. The van der Waals surface area contributed by atoms with Crippen LogP contribution >= 0.6 is 0 Å². The van der Waals surface area contributed by atoms with Gasteiger partial charge in [0, 0.05) is 43.4 Å². The second kappa shape index (κ2) is 11.1. The number of anilines is 1. The summed E-state index contributed by atoms with van der Waals surface area (Å²) in [4.78, 5) is 42.9. The van der Waals surface area contributed by atoms with Crippen LogP contribution in [0.2, 0.25) is 0 Å². The molecule has 0 aliphatic heterocycles. The number of benzene rings is 2. The van der Waals surface area contributed by atoms with E-state index in [4.69, 9.17) is 5.73 Å². The van der Waals surface area contributed by atoms with E-state index in [1.54, 1.807) is 14.1 Å². The highest BCUT2D eigenvalue weighted by atomic mass is 16.3. The highest BCUT2D eigenvalue weighted by Gasteiger charge is 2.64. The van der Waals surface area contributed by atoms with Gasteiger partial charge in [-0.1, -0.05) is 30.3 Å². The lowest BCUT2D eigenvalue weighted by Gasteiger charge is -2.50. The van der Waals surface area contributed by atoms with Crippen molar-refractivity contribution < 1.29 is 34.8 Å². The maximum Gasteiger partial charge on any atom is 0.255 e. The lowest BCUT2D eigenvalue weighted by Crippen LogP contribution is -2.65. The van der Waals surface area contributed by atoms with Crippen LogP contribution < -0.4 is 16.0 Å². The van der Waals surface area contributed by atoms with Crippen LogP contribution in [0.25, 0.3) is 5.76 Å². The standard InChI is InChI=1S/C32H38N4O7/c1-35(2)21-14-18(15-34-11-10-16-8-6-5-7-9-16)26(37)23-19(21)12-17-13-20-25(36(3)4)28(39)24(31(33)42)30(41)32(20,43)29(40)22(17)27(23)38/h5-9,14,17,20,25,34,37-38,41,43H,10-13,15H2,1-4H3,(H2,33,42)/t17-,20-,25-,32-/m1/s1. The van der Waals surface area contributed by atoms with E-state index in [9.17, 15) is 34.8 Å². The molecule has 1 amide bonds. The molecule has 11 nitrogen and oxygen atoms in total. The van der Waals surface area contributed by atoms with Gasteiger partial charge in [-0.05, 0) is 63.0 Å². The highest BCUT2D eigenvalue weighted by molar-refractivity contribution is 6.24. The minimum atomic E-state index is -2.67. The van der Waals surface area contributed by atoms with Crippen LogP contribution in [-0.2, 0) is 33.8 Å². The number of rotatable bonds is 8. The number of nitrogens with one attached hydrogen (secondary N) is 1. The van der Waals surface area contributed by atoms with Crippen molar-refractivity contribution in [1.29, 1.82) is 0 Å². The number of ketones is 2. The van der Waals surface area contributed by atoms with E-state index in [-0.39, 0.29) is 36.3 Å². The number of hydrogen-bond acceptors (Lipinski definition) is 10. The maximum atomic E-state index is 14.1. The lowest BCUT2D eigenvalue weighted by molar-refractivity contribution is -0.153. The van der Waals surface area contributed by atoms with Crippen LogP contribution in [0.1, 0.15) is 28.7 Å². The van der Waals surface area contributed by atoms with Crippen LogP contribution in [-0.4, -0.2) is 89.2 Å². The van der Waals surface area contributed by atoms with Gasteiger partial charge in [0.05, 0.1) is 11.6 Å². The quantitative estimate of drug-likeness (QED) is 0.194. The number of phenols is 1. The molecule has 0 saturated heterocycles. The summed E-state index contributed by atoms with van der Waals surface area (Å²) in [5.74, 6) is -6.60. The molecule has 2 aromatic carbocycles. The van der Waals surface area contributed by atoms with E-state index in [2.05, 4.69) is 5.32 Å². The lowest BCUT2D eigenvalue weighted by atomic mass is 9.57. The summed E-state index contributed by atoms with van der Waals surface area (Å²) in [5.41, 5.74) is 4.87. The minimum absolute atomic E-state index is 0.0438. The van der Waals surface area contributed by atoms with Crippen molar-refractivity contribution >= 4 is 28.9 Å². The first-order valence-corrected chi connectivity index (χ1v) is 14.2. The molecule has 1 saturated carbocycles. The van der Waals surface area contributed by atoms with Crippen molar-refractivity contribution in [3.05, 3.63) is 75.6 Å². The van der Waals surface area contributed by atoms with E-state index in [1.165, 1.54) is 4.90 Å². The van der Waals surface area contributed by atoms with Crippen molar-refractivity contribution in [3.8, 4) is 5.75 Å². The number of nitrogens with zero attached hydrogens (tertiary/aromatic N) is 2. The molecule has 43 heavy (non-hydrogen) atoms. The predicted octanol–water partition coefficient (Wildman–Crippen LogP) is 1.36. The number of aliphatic hydroxyl groups is 3. The Hall–Kier alpha value is -4.19. The Labute approximate surface area is 249 Å². The second-order valence-electron chi connectivity index (χ2n) is 12.0. The fourth-order valence-electron chi connectivity index (χ4n) is 6.98. The van der Waals surface area contributed by atoms with Crippen LogP contribution in [0.15, 0.2) is 53.3 Å². The van der Waals surface area contributed by atoms with Gasteiger partial charge in [0.15, 0.2) is 11.4 Å². The third-order valence-electron chi connectivity index (χ3n) is 9.01. The fourth-order valence-corrected chi connectivity index (χ4v) is 6.98. The van der Waals surface area contributed by atoms with E-state index >= 15 is 0 Å². The van der Waals surface area contributed by atoms with E-state index in [0.29, 0.717) is 17.7 Å². The Morgan fingerprint density at radius 1 is 1.09 bits per heavy atom. The molecule has 0 aromatic heterocycles. The highest BCUT2D eigenvalue weighted by Crippen LogP contribution is 2.54. The number of likely N-dealkylation sites (N-methyl/N-ethyl adjacent to an activating group) is 1. The third kappa shape index (κ3) is 4.77. The normalized spacial score (nSPS) is 25.0. The summed E-state index contributed by atoms with van der Waals surface area (Å²) >= 11 is 0. The second-order valence-corrected chi connectivity index (χ2v) is 12.0. The first kappa shape index (κ1) is 30.3. The van der Waals surface area contributed by atoms with E-state index < -0.39 is 58.0 Å². The number of nitrogens with two attached hydrogens (primary N) is 1. The van der Waals surface area contributed by atoms with Gasteiger partial charge in [0.1, 0.15) is 22.8 Å². The van der Waals surface area contributed by atoms with Gasteiger partial charge in [-0.25, -0.2) is 0 Å². The molecule has 4 atom stereocenters. The molecule has 5 rings (SSSR count). The molecule has 2 aromatic rings. The summed E-state index contributed by atoms with van der Waals surface area (Å²) in [6.45, 7) is 0.927. The van der Waals surface area contributed by atoms with Gasteiger partial charge in [0.2, 0.25) is 5.78 Å². The Balaban J connectivity index is 1.58. The SMILES string of the molecule is CN(C)c1cc(CNCCc2ccccc2)c(O)c2c1C[C@@H]1C[C@@H]3[C@@H](N(C)C)C(=O)C(C(N)=O)=C(O)[C@]3(O)C(=O)C1=C2O. The zero-order valence-corrected chi connectivity index (χ0v) is 24.7. The average molecular weight is 591 g/mol. The van der Waals surface area contributed by atoms with Crippen molar-refractivity contribution in [2.24, 2.45) is 17.6 Å². The Morgan fingerprint density at radius 3 is 2.37 bits per heavy atom. The van der Waals surface area contributed by atoms with Gasteiger partial charge in [0.25, 0.3) is 5.91 Å². The number of primary amides is 1. The summed E-state index contributed by atoms with van der Waals surface area (Å²) in [5, 5.41) is 49.2. The number of phenolic OH excluding ortho intramolecular Hbond substituents is 1. The molecule has 0 spiro atoms. The van der Waals surface area contributed by atoms with Gasteiger partial charge >= 0.3 is 0 Å². The van der Waals surface area contributed by atoms with Crippen molar-refractivity contribution in [3.63, 3.8) is 0 Å². The molecular weight excluding hydrogens is 552 g/mol. The molecule has 0 heterocycles. The van der Waals surface area contributed by atoms with E-state index in [0.717, 1.165) is 17.7 Å². The first-order valence-electron chi connectivity index (χ1n) is 14.2. The van der Waals surface area contributed by atoms with Crippen molar-refractivity contribution in [2.45, 2.75) is 37.5 Å². The summed E-state index contributed by atoms with van der Waals surface area (Å²) < 4.78 is 0. The van der Waals surface area contributed by atoms with E-state index in [1.807, 2.05) is 55.4 Å². The van der Waals surface area contributed by atoms with Gasteiger partial charge < -0.3 is 36.4 Å². The minimum Gasteiger partial charge on any atom is -0.508 e. The Morgan fingerprint density at radius 2 is 1.77 bits per heavy atom. The van der Waals surface area contributed by atoms with Crippen LogP contribution in [0.4, 0.5) is 5.69 Å². The molecule has 1 fully saturated rings. The largest absolute Gasteiger partial charge is 0.508 e. The number of Topliss-reactive ketones (excluding diaryl/α,β-unsaturated/α-hetero) is 2. The molecule has 0 radical (unpaired) electrons. The summed E-state index contributed by atoms with van der Waals surface area (Å²) in [7, 11) is 6.84. The number of hydrogen-bond donors (Lipinski definition) is 6. The van der Waals surface area contributed by atoms with Gasteiger partial charge in [-0.3, -0.25) is 19.3 Å². The van der Waals surface area contributed by atoms with Crippen LogP contribution in [0, 0.1) is 11.8 Å². The van der Waals surface area contributed by atoms with Crippen molar-refractivity contribution in [1.82, 2.24) is 10.2 Å². The topological polar surface area (TPSA) is 177 Å². The molecule has 228 valence electrons. The zero-order chi connectivity index (χ0) is 31.4. The third-order valence-corrected chi connectivity index (χ3v) is 9.01. The monoisotopic (exact) mass is 590 g/mol. The van der Waals surface area contributed by atoms with Crippen molar-refractivity contribution in [2.75, 3.05) is 39.6 Å². The number of carbonyl (C=O) groups excluding carboxylic acids is 3. The average Bonchev–Trinajstić information content (AvgIpc) is 2.94. The molecule has 3 aliphatic rings. The fraction of sp³-hybridized carbons (Fsp3) is 0.406. The predicted molar refractivity (Wildman–Crippen MR) is 160 cm³/mol. The molecule has 11 heteroatoms. The molecular formula is C32H38N4O7. The number of aliphatic hydroxyl groups excluding tert-OH is 2. The maximum absolute atomic E-state index is 14.1. The Kier molecular flexibility index (Phi) is 7.84. The molecule has 7 N–H and O–H groups in total. The molecule has 0 bridgehead atoms. The van der Waals surface area contributed by atoms with Gasteiger partial charge in [-0.2, -0.15) is 0 Å². The first-order chi connectivity index (χ1) is 20.3. The summed E-state index contributed by atoms with van der Waals surface area (Å²) in [6.07, 6.45) is 1.05. The number of fused-ring (bicyclic) bond motifs is 3. The number of amides is 1. The zero-order valence-electron chi connectivity index (χ0n) is 24.7. The molecule has 0 unspecified atom stereocenters. The number of carbonyl (C=O) groups is 3. The van der Waals surface area contributed by atoms with Crippen LogP contribution in [0.5, 0.6) is 5.75 Å². The van der Waals surface area contributed by atoms with Gasteiger partial charge in [-0.15, -0.1) is 0 Å². The molecule has 3 aliphatic carbocycles.